The largest absolute Gasteiger partial charge is 0.492 e. The summed E-state index contributed by atoms with van der Waals surface area (Å²) in [5.41, 5.74) is 0.642. The molecule has 3 N–H and O–H groups in total. The maximum Gasteiger partial charge on any atom is 0.283 e. The number of nitrogens with zero attached hydrogens (tertiary/aromatic N) is 3. The molecule has 3 aromatic carbocycles. The summed E-state index contributed by atoms with van der Waals surface area (Å²) in [6.07, 6.45) is -1.73. The van der Waals surface area contributed by atoms with Gasteiger partial charge in [0.15, 0.2) is 5.13 Å². The zero-order chi connectivity index (χ0) is 30.2. The Morgan fingerprint density at radius 3 is 1.84 bits per heavy atom. The average molecular weight is 625 g/mol. The fraction of sp³-hybridized carbons (Fsp3) is 0.267. The summed E-state index contributed by atoms with van der Waals surface area (Å²) < 4.78 is 42.8. The van der Waals surface area contributed by atoms with Crippen molar-refractivity contribution in [3.05, 3.63) is 108 Å². The molecule has 1 saturated heterocycles. The summed E-state index contributed by atoms with van der Waals surface area (Å²) in [6, 6.07) is 23.8. The third-order valence-corrected chi connectivity index (χ3v) is 9.63. The van der Waals surface area contributed by atoms with Crippen molar-refractivity contribution in [2.75, 3.05) is 25.1 Å². The smallest absolute Gasteiger partial charge is 0.283 e. The molecular formula is C30H32N4O7S2. The van der Waals surface area contributed by atoms with Crippen molar-refractivity contribution in [2.24, 2.45) is 0 Å². The summed E-state index contributed by atoms with van der Waals surface area (Å²) in [7, 11) is -4.54. The number of aromatic nitrogens is 1. The minimum Gasteiger partial charge on any atom is -0.492 e. The van der Waals surface area contributed by atoms with Crippen LogP contribution in [0.25, 0.3) is 0 Å². The molecule has 43 heavy (non-hydrogen) atoms. The van der Waals surface area contributed by atoms with Crippen molar-refractivity contribution >= 4 is 32.6 Å². The second-order valence-corrected chi connectivity index (χ2v) is 12.6. The SMILES string of the molecule is O=C(CN1[C@@H](COc2ccccc2)[C@@H](O)[C@H](O)[C@H](COc2ccccc2)N(Cc2ccccc2)S1(=O)=O)Nc1nccs1. The van der Waals surface area contributed by atoms with Crippen LogP contribution < -0.4 is 14.8 Å². The normalized spacial score (nSPS) is 22.4. The predicted octanol–water partition coefficient (Wildman–Crippen LogP) is 2.76. The van der Waals surface area contributed by atoms with Crippen molar-refractivity contribution in [2.45, 2.75) is 30.8 Å². The Balaban J connectivity index is 1.52. The maximum absolute atomic E-state index is 14.5. The third kappa shape index (κ3) is 7.57. The number of hydrogen-bond donors (Lipinski definition) is 3. The quantitative estimate of drug-likeness (QED) is 0.231. The summed E-state index contributed by atoms with van der Waals surface area (Å²) in [6.45, 7) is -1.41. The van der Waals surface area contributed by atoms with E-state index in [1.54, 1.807) is 90.3 Å². The van der Waals surface area contributed by atoms with Gasteiger partial charge >= 0.3 is 0 Å². The van der Waals surface area contributed by atoms with Gasteiger partial charge in [0.1, 0.15) is 36.9 Å². The zero-order valence-corrected chi connectivity index (χ0v) is 24.7. The molecule has 4 aromatic rings. The predicted molar refractivity (Wildman–Crippen MR) is 162 cm³/mol. The van der Waals surface area contributed by atoms with Gasteiger partial charge in [-0.3, -0.25) is 4.79 Å². The molecule has 0 radical (unpaired) electrons. The van der Waals surface area contributed by atoms with Crippen LogP contribution in [0.1, 0.15) is 5.56 Å². The number of rotatable bonds is 11. The van der Waals surface area contributed by atoms with Gasteiger partial charge in [-0.25, -0.2) is 4.98 Å². The summed E-state index contributed by atoms with van der Waals surface area (Å²) in [5.74, 6) is 0.237. The Bertz CT molecular complexity index is 1550. The van der Waals surface area contributed by atoms with E-state index < -0.39 is 47.0 Å². The lowest BCUT2D eigenvalue weighted by Crippen LogP contribution is -2.54. The number of ether oxygens (including phenoxy) is 2. The highest BCUT2D eigenvalue weighted by Crippen LogP contribution is 2.30. The van der Waals surface area contributed by atoms with Gasteiger partial charge in [-0.15, -0.1) is 11.3 Å². The maximum atomic E-state index is 14.5. The van der Waals surface area contributed by atoms with Crippen LogP contribution in [-0.2, 0) is 21.5 Å². The molecule has 0 spiro atoms. The van der Waals surface area contributed by atoms with Crippen LogP contribution in [0.4, 0.5) is 5.13 Å². The molecule has 0 aliphatic carbocycles. The van der Waals surface area contributed by atoms with E-state index in [-0.39, 0.29) is 19.8 Å². The molecule has 0 bridgehead atoms. The number of para-hydroxylation sites is 2. The van der Waals surface area contributed by atoms with Crippen LogP contribution in [0.15, 0.2) is 103 Å². The molecule has 4 atom stereocenters. The number of carbonyl (C=O) groups is 1. The first-order valence-electron chi connectivity index (χ1n) is 13.6. The number of hydrogen-bond acceptors (Lipinski definition) is 9. The number of aliphatic hydroxyl groups is 2. The molecule has 5 rings (SSSR count). The van der Waals surface area contributed by atoms with Gasteiger partial charge in [-0.2, -0.15) is 17.0 Å². The average Bonchev–Trinajstić information content (AvgIpc) is 3.52. The fourth-order valence-electron chi connectivity index (χ4n) is 4.78. The minimum atomic E-state index is -4.54. The van der Waals surface area contributed by atoms with Crippen molar-refractivity contribution in [3.8, 4) is 11.5 Å². The lowest BCUT2D eigenvalue weighted by atomic mass is 9.99. The molecule has 226 valence electrons. The first-order chi connectivity index (χ1) is 20.8. The summed E-state index contributed by atoms with van der Waals surface area (Å²) in [5, 5.41) is 27.7. The van der Waals surface area contributed by atoms with Crippen LogP contribution in [-0.4, -0.2) is 82.2 Å². The number of aliphatic hydroxyl groups excluding tert-OH is 2. The Morgan fingerprint density at radius 2 is 1.33 bits per heavy atom. The molecule has 1 aliphatic heterocycles. The van der Waals surface area contributed by atoms with Gasteiger partial charge in [-0.05, 0) is 29.8 Å². The molecule has 1 amide bonds. The number of carbonyl (C=O) groups excluding carboxylic acids is 1. The third-order valence-electron chi connectivity index (χ3n) is 6.96. The van der Waals surface area contributed by atoms with Gasteiger partial charge < -0.3 is 25.0 Å². The monoisotopic (exact) mass is 624 g/mol. The van der Waals surface area contributed by atoms with Crippen molar-refractivity contribution in [3.63, 3.8) is 0 Å². The lowest BCUT2D eigenvalue weighted by molar-refractivity contribution is -0.117. The molecular weight excluding hydrogens is 592 g/mol. The van der Waals surface area contributed by atoms with E-state index in [4.69, 9.17) is 9.47 Å². The summed E-state index contributed by atoms with van der Waals surface area (Å²) in [4.78, 5) is 17.2. The van der Waals surface area contributed by atoms with Crippen molar-refractivity contribution in [1.82, 2.24) is 13.6 Å². The Labute approximate surface area is 254 Å². The van der Waals surface area contributed by atoms with Gasteiger partial charge in [0.25, 0.3) is 10.2 Å². The van der Waals surface area contributed by atoms with E-state index in [0.29, 0.717) is 22.2 Å². The molecule has 13 heteroatoms. The second-order valence-electron chi connectivity index (χ2n) is 9.83. The number of thiazole rings is 1. The molecule has 0 unspecified atom stereocenters. The second kappa shape index (κ2) is 14.1. The molecule has 1 aromatic heterocycles. The van der Waals surface area contributed by atoms with Gasteiger partial charge in [0.05, 0.1) is 18.6 Å². The van der Waals surface area contributed by atoms with Crippen LogP contribution in [0.5, 0.6) is 11.5 Å². The highest BCUT2D eigenvalue weighted by atomic mass is 32.2. The van der Waals surface area contributed by atoms with E-state index in [0.717, 1.165) is 8.61 Å². The van der Waals surface area contributed by atoms with Gasteiger partial charge in [0, 0.05) is 18.1 Å². The van der Waals surface area contributed by atoms with Crippen LogP contribution in [0, 0.1) is 0 Å². The Kier molecular flexibility index (Phi) is 10.0. The first-order valence-corrected chi connectivity index (χ1v) is 15.8. The standard InChI is InChI=1S/C30H32N4O7S2/c35-27(32-30-31-16-17-42-30)19-34-26(21-41-24-14-8-3-9-15-24)29(37)28(36)25(20-40-23-12-6-2-7-13-23)33(43(34,38)39)18-22-10-4-1-5-11-22/h1-17,25-26,28-29,36-37H,18-21H2,(H,31,32,35)/t25-,26-,28+,29+/m0/s1. The molecule has 2 heterocycles. The summed E-state index contributed by atoms with van der Waals surface area (Å²) >= 11 is 1.18. The molecule has 11 nitrogen and oxygen atoms in total. The van der Waals surface area contributed by atoms with E-state index in [2.05, 4.69) is 10.3 Å². The van der Waals surface area contributed by atoms with Crippen LogP contribution in [0.2, 0.25) is 0 Å². The Hall–Kier alpha value is -3.85. The topological polar surface area (TPSA) is 142 Å². The van der Waals surface area contributed by atoms with Crippen LogP contribution >= 0.6 is 11.3 Å². The fourth-order valence-corrected chi connectivity index (χ4v) is 7.24. The van der Waals surface area contributed by atoms with E-state index in [1.165, 1.54) is 17.5 Å². The zero-order valence-electron chi connectivity index (χ0n) is 23.0. The lowest BCUT2D eigenvalue weighted by Gasteiger charge is -2.34. The van der Waals surface area contributed by atoms with E-state index >= 15 is 0 Å². The van der Waals surface area contributed by atoms with Crippen molar-refractivity contribution < 1.29 is 32.9 Å². The van der Waals surface area contributed by atoms with Gasteiger partial charge in [-0.1, -0.05) is 66.7 Å². The highest BCUT2D eigenvalue weighted by molar-refractivity contribution is 7.86. The molecule has 0 saturated carbocycles. The van der Waals surface area contributed by atoms with Gasteiger partial charge in [0.2, 0.25) is 5.91 Å². The molecule has 1 fully saturated rings. The van der Waals surface area contributed by atoms with E-state index in [9.17, 15) is 23.4 Å². The molecule has 1 aliphatic rings. The number of anilines is 1. The van der Waals surface area contributed by atoms with Crippen LogP contribution in [0.3, 0.4) is 0 Å². The minimum absolute atomic E-state index is 0.146. The first kappa shape index (κ1) is 30.6. The van der Waals surface area contributed by atoms with Crippen molar-refractivity contribution in [1.29, 1.82) is 0 Å². The number of amides is 1. The number of benzene rings is 3. The highest BCUT2D eigenvalue weighted by Gasteiger charge is 2.51. The van der Waals surface area contributed by atoms with E-state index in [1.807, 2.05) is 6.07 Å². The Morgan fingerprint density at radius 1 is 0.814 bits per heavy atom. The number of nitrogens with one attached hydrogen (secondary N) is 1.